The molecule has 0 saturated carbocycles. The number of benzene rings is 1. The number of aliphatic hydroxyl groups excluding tert-OH is 1. The first kappa shape index (κ1) is 23.9. The molecule has 1 atom stereocenters. The van der Waals surface area contributed by atoms with E-state index in [-0.39, 0.29) is 17.4 Å². The van der Waals surface area contributed by atoms with E-state index in [0.29, 0.717) is 43.1 Å². The summed E-state index contributed by atoms with van der Waals surface area (Å²) in [5.41, 5.74) is 1.23. The minimum atomic E-state index is -0.690. The maximum Gasteiger partial charge on any atom is 0.295 e. The number of carbonyl (C=O) groups is 2. The van der Waals surface area contributed by atoms with Crippen LogP contribution in [0.2, 0.25) is 0 Å². The molecule has 3 heterocycles. The van der Waals surface area contributed by atoms with E-state index >= 15 is 0 Å². The van der Waals surface area contributed by atoms with Gasteiger partial charge in [0.25, 0.3) is 11.7 Å². The van der Waals surface area contributed by atoms with Gasteiger partial charge in [-0.05, 0) is 56.2 Å². The van der Waals surface area contributed by atoms with E-state index in [1.54, 1.807) is 47.6 Å². The molecule has 1 aromatic heterocycles. The van der Waals surface area contributed by atoms with Crippen LogP contribution in [0.25, 0.3) is 5.76 Å². The summed E-state index contributed by atoms with van der Waals surface area (Å²) < 4.78 is 11.1. The number of aliphatic hydroxyl groups is 1. The Labute approximate surface area is 199 Å². The Balaban J connectivity index is 1.62. The molecule has 0 bridgehead atoms. The smallest absolute Gasteiger partial charge is 0.295 e. The van der Waals surface area contributed by atoms with Gasteiger partial charge in [-0.15, -0.1) is 0 Å². The highest BCUT2D eigenvalue weighted by Gasteiger charge is 2.45. The zero-order valence-corrected chi connectivity index (χ0v) is 19.6. The monoisotopic (exact) mass is 465 g/mol. The summed E-state index contributed by atoms with van der Waals surface area (Å²) in [6, 6.07) is 9.77. The maximum atomic E-state index is 13.1. The van der Waals surface area contributed by atoms with Crippen molar-refractivity contribution < 1.29 is 24.2 Å². The van der Waals surface area contributed by atoms with Gasteiger partial charge < -0.3 is 19.5 Å². The number of Topliss-reactive ketones (excluding diaryl/α,β-unsaturated/α-hetero) is 1. The van der Waals surface area contributed by atoms with Crippen molar-refractivity contribution in [1.29, 1.82) is 0 Å². The number of likely N-dealkylation sites (tertiary alicyclic amines) is 1. The summed E-state index contributed by atoms with van der Waals surface area (Å²) in [7, 11) is 0. The SMILES string of the molecule is CC(C)Oc1ccc(C(O)=C2C(=O)C(=O)N(CCCN3CCOCC3)[C@H]2c2cccnc2)cc1. The van der Waals surface area contributed by atoms with Crippen LogP contribution in [0, 0.1) is 0 Å². The van der Waals surface area contributed by atoms with Gasteiger partial charge in [0, 0.05) is 44.1 Å². The lowest BCUT2D eigenvalue weighted by molar-refractivity contribution is -0.140. The van der Waals surface area contributed by atoms with Crippen molar-refractivity contribution in [3.63, 3.8) is 0 Å². The third kappa shape index (κ3) is 5.29. The van der Waals surface area contributed by atoms with Crippen LogP contribution in [0.1, 0.15) is 37.4 Å². The van der Waals surface area contributed by atoms with Crippen molar-refractivity contribution in [2.75, 3.05) is 39.4 Å². The first-order chi connectivity index (χ1) is 16.5. The minimum absolute atomic E-state index is 0.0211. The Morgan fingerprint density at radius 1 is 1.15 bits per heavy atom. The summed E-state index contributed by atoms with van der Waals surface area (Å²) >= 11 is 0. The molecule has 2 aromatic rings. The fourth-order valence-corrected chi connectivity index (χ4v) is 4.40. The van der Waals surface area contributed by atoms with Crippen molar-refractivity contribution in [3.8, 4) is 5.75 Å². The van der Waals surface area contributed by atoms with Crippen LogP contribution in [0.4, 0.5) is 0 Å². The first-order valence-corrected chi connectivity index (χ1v) is 11.7. The third-order valence-electron chi connectivity index (χ3n) is 6.02. The van der Waals surface area contributed by atoms with Crippen LogP contribution in [0.15, 0.2) is 54.4 Å². The number of carbonyl (C=O) groups excluding carboxylic acids is 2. The lowest BCUT2D eigenvalue weighted by Crippen LogP contribution is -2.39. The Hall–Kier alpha value is -3.23. The lowest BCUT2D eigenvalue weighted by Gasteiger charge is -2.29. The van der Waals surface area contributed by atoms with Crippen LogP contribution in [0.5, 0.6) is 5.75 Å². The zero-order valence-electron chi connectivity index (χ0n) is 19.6. The highest BCUT2D eigenvalue weighted by Crippen LogP contribution is 2.39. The van der Waals surface area contributed by atoms with E-state index in [9.17, 15) is 14.7 Å². The van der Waals surface area contributed by atoms with Crippen LogP contribution >= 0.6 is 0 Å². The van der Waals surface area contributed by atoms with Gasteiger partial charge in [-0.25, -0.2) is 0 Å². The normalized spacial score (nSPS) is 20.8. The molecular formula is C26H31N3O5. The number of aromatic nitrogens is 1. The number of amides is 1. The Kier molecular flexibility index (Phi) is 7.59. The van der Waals surface area contributed by atoms with E-state index in [2.05, 4.69) is 9.88 Å². The third-order valence-corrected chi connectivity index (χ3v) is 6.02. The molecule has 34 heavy (non-hydrogen) atoms. The molecule has 1 amide bonds. The second-order valence-corrected chi connectivity index (χ2v) is 8.78. The fraction of sp³-hybridized carbons (Fsp3) is 0.423. The standard InChI is InChI=1S/C26H31N3O5/c1-18(2)34-21-8-6-19(7-9-21)24(30)22-23(20-5-3-10-27-17-20)29(26(32)25(22)31)12-4-11-28-13-15-33-16-14-28/h3,5-10,17-18,23,30H,4,11-16H2,1-2H3/t23-/m0/s1. The van der Waals surface area contributed by atoms with E-state index in [0.717, 1.165) is 19.6 Å². The van der Waals surface area contributed by atoms with E-state index in [4.69, 9.17) is 9.47 Å². The summed E-state index contributed by atoms with van der Waals surface area (Å²) in [6.45, 7) is 8.22. The van der Waals surface area contributed by atoms with Gasteiger partial charge in [-0.1, -0.05) is 6.07 Å². The molecule has 8 nitrogen and oxygen atoms in total. The van der Waals surface area contributed by atoms with Crippen LogP contribution in [-0.4, -0.2) is 77.1 Å². The average Bonchev–Trinajstić information content (AvgIpc) is 3.10. The average molecular weight is 466 g/mol. The maximum absolute atomic E-state index is 13.1. The minimum Gasteiger partial charge on any atom is -0.507 e. The largest absolute Gasteiger partial charge is 0.507 e. The zero-order chi connectivity index (χ0) is 24.1. The number of morpholine rings is 1. The lowest BCUT2D eigenvalue weighted by atomic mass is 9.96. The number of hydrogen-bond acceptors (Lipinski definition) is 7. The van der Waals surface area contributed by atoms with Crippen molar-refractivity contribution in [2.45, 2.75) is 32.4 Å². The molecule has 4 rings (SSSR count). The molecule has 0 unspecified atom stereocenters. The summed E-state index contributed by atoms with van der Waals surface area (Å²) in [6.07, 6.45) is 4.01. The van der Waals surface area contributed by atoms with Crippen molar-refractivity contribution in [2.24, 2.45) is 0 Å². The molecule has 180 valence electrons. The molecule has 1 N–H and O–H groups in total. The number of pyridine rings is 1. The molecule has 2 aliphatic heterocycles. The molecule has 1 aromatic carbocycles. The predicted octanol–water partition coefficient (Wildman–Crippen LogP) is 3.01. The second kappa shape index (κ2) is 10.8. The molecule has 8 heteroatoms. The number of rotatable bonds is 8. The first-order valence-electron chi connectivity index (χ1n) is 11.7. The highest BCUT2D eigenvalue weighted by molar-refractivity contribution is 6.46. The van der Waals surface area contributed by atoms with Gasteiger partial charge >= 0.3 is 0 Å². The van der Waals surface area contributed by atoms with Gasteiger partial charge in [0.2, 0.25) is 0 Å². The van der Waals surface area contributed by atoms with Gasteiger partial charge in [-0.3, -0.25) is 19.5 Å². The fourth-order valence-electron chi connectivity index (χ4n) is 4.40. The van der Waals surface area contributed by atoms with Crippen molar-refractivity contribution in [1.82, 2.24) is 14.8 Å². The molecule has 0 radical (unpaired) electrons. The van der Waals surface area contributed by atoms with Crippen molar-refractivity contribution >= 4 is 17.4 Å². The number of ketones is 1. The van der Waals surface area contributed by atoms with E-state index in [1.807, 2.05) is 19.9 Å². The molecular weight excluding hydrogens is 434 g/mol. The van der Waals surface area contributed by atoms with E-state index in [1.165, 1.54) is 0 Å². The van der Waals surface area contributed by atoms with Gasteiger partial charge in [0.15, 0.2) is 0 Å². The molecule has 2 fully saturated rings. The predicted molar refractivity (Wildman–Crippen MR) is 127 cm³/mol. The quantitative estimate of drug-likeness (QED) is 0.364. The summed E-state index contributed by atoms with van der Waals surface area (Å²) in [5.74, 6) is -0.810. The molecule has 0 aliphatic carbocycles. The van der Waals surface area contributed by atoms with Crippen LogP contribution < -0.4 is 4.74 Å². The summed E-state index contributed by atoms with van der Waals surface area (Å²) in [5, 5.41) is 11.2. The highest BCUT2D eigenvalue weighted by atomic mass is 16.5. The molecule has 2 aliphatic rings. The molecule has 2 saturated heterocycles. The van der Waals surface area contributed by atoms with E-state index < -0.39 is 17.7 Å². The topological polar surface area (TPSA) is 92.2 Å². The summed E-state index contributed by atoms with van der Waals surface area (Å²) in [4.78, 5) is 34.2. The van der Waals surface area contributed by atoms with Gasteiger partial charge in [-0.2, -0.15) is 0 Å². The Morgan fingerprint density at radius 2 is 1.88 bits per heavy atom. The Morgan fingerprint density at radius 3 is 2.53 bits per heavy atom. The van der Waals surface area contributed by atoms with Crippen LogP contribution in [0.3, 0.4) is 0 Å². The van der Waals surface area contributed by atoms with Crippen LogP contribution in [-0.2, 0) is 14.3 Å². The Bertz CT molecular complexity index is 1030. The van der Waals surface area contributed by atoms with Crippen molar-refractivity contribution in [3.05, 3.63) is 65.5 Å². The number of nitrogens with zero attached hydrogens (tertiary/aromatic N) is 3. The second-order valence-electron chi connectivity index (χ2n) is 8.78. The molecule has 0 spiro atoms. The number of hydrogen-bond donors (Lipinski definition) is 1. The van der Waals surface area contributed by atoms with Gasteiger partial charge in [0.1, 0.15) is 11.5 Å². The van der Waals surface area contributed by atoms with Gasteiger partial charge in [0.05, 0.1) is 30.9 Å². The number of ether oxygens (including phenoxy) is 2.